The summed E-state index contributed by atoms with van der Waals surface area (Å²) in [5.74, 6) is -3.11. The van der Waals surface area contributed by atoms with Gasteiger partial charge in [0.15, 0.2) is 5.82 Å². The number of nitrogens with zero attached hydrogens (tertiary/aromatic N) is 5. The normalized spacial score (nSPS) is 14.8. The van der Waals surface area contributed by atoms with Crippen molar-refractivity contribution in [2.45, 2.75) is 19.4 Å². The van der Waals surface area contributed by atoms with Crippen LogP contribution in [0.4, 0.5) is 29.1 Å². The molecule has 12 heteroatoms. The number of allylic oxidation sites excluding steroid dienone is 1. The van der Waals surface area contributed by atoms with Crippen molar-refractivity contribution in [1.29, 1.82) is 0 Å². The summed E-state index contributed by atoms with van der Waals surface area (Å²) >= 11 is 0. The maximum Gasteiger partial charge on any atom is 0.319 e. The van der Waals surface area contributed by atoms with E-state index < -0.39 is 31.5 Å². The highest BCUT2D eigenvalue weighted by Crippen LogP contribution is 2.33. The predicted octanol–water partition coefficient (Wildman–Crippen LogP) is 5.89. The van der Waals surface area contributed by atoms with Crippen molar-refractivity contribution in [2.75, 3.05) is 18.4 Å². The van der Waals surface area contributed by atoms with Crippen LogP contribution in [0.25, 0.3) is 27.9 Å². The summed E-state index contributed by atoms with van der Waals surface area (Å²) in [5.41, 5.74) is 5.58. The van der Waals surface area contributed by atoms with Gasteiger partial charge in [-0.2, -0.15) is 13.9 Å². The molecule has 2 aromatic heterocycles. The van der Waals surface area contributed by atoms with Gasteiger partial charge < -0.3 is 10.2 Å². The van der Waals surface area contributed by atoms with E-state index in [9.17, 15) is 22.4 Å². The van der Waals surface area contributed by atoms with Gasteiger partial charge in [-0.05, 0) is 48.4 Å². The number of hydrazone groups is 1. The quantitative estimate of drug-likeness (QED) is 0.166. The maximum absolute atomic E-state index is 14.1. The summed E-state index contributed by atoms with van der Waals surface area (Å²) in [6.07, 6.45) is 3.27. The molecule has 3 heterocycles. The first-order chi connectivity index (χ1) is 18.6. The lowest BCUT2D eigenvalue weighted by molar-refractivity contribution is -0.113. The molecule has 0 saturated carbocycles. The summed E-state index contributed by atoms with van der Waals surface area (Å²) in [5, 5.41) is 7.14. The van der Waals surface area contributed by atoms with E-state index in [4.69, 9.17) is 0 Å². The number of alkyl halides is 4. The molecule has 200 valence electrons. The summed E-state index contributed by atoms with van der Waals surface area (Å²) < 4.78 is 55.2. The van der Waals surface area contributed by atoms with E-state index in [-0.39, 0.29) is 17.0 Å². The zero-order chi connectivity index (χ0) is 27.7. The lowest BCUT2D eigenvalue weighted by atomic mass is 10.1. The lowest BCUT2D eigenvalue weighted by Gasteiger charge is -2.38. The smallest absolute Gasteiger partial charge is 0.319 e. The average molecular weight is 538 g/mol. The van der Waals surface area contributed by atoms with Gasteiger partial charge in [-0.1, -0.05) is 24.3 Å². The van der Waals surface area contributed by atoms with E-state index in [0.717, 1.165) is 21.7 Å². The van der Waals surface area contributed by atoms with Gasteiger partial charge in [-0.15, -0.1) is 0 Å². The molecule has 2 N–H and O–H groups in total. The molecule has 1 amide bonds. The van der Waals surface area contributed by atoms with Crippen LogP contribution in [-0.2, 0) is 0 Å². The van der Waals surface area contributed by atoms with Crippen molar-refractivity contribution < 1.29 is 22.4 Å². The Kier molecular flexibility index (Phi) is 6.77. The topological polar surface area (TPSA) is 87.4 Å². The van der Waals surface area contributed by atoms with E-state index in [1.807, 2.05) is 31.2 Å². The maximum atomic E-state index is 14.1. The number of anilines is 2. The van der Waals surface area contributed by atoms with Gasteiger partial charge in [-0.3, -0.25) is 14.8 Å². The highest BCUT2D eigenvalue weighted by Gasteiger charge is 2.47. The number of fused-ring (bicyclic) bond motifs is 1. The largest absolute Gasteiger partial charge is 0.340 e. The molecule has 0 aliphatic carbocycles. The predicted molar refractivity (Wildman–Crippen MR) is 141 cm³/mol. The molecule has 0 atom stereocenters. The number of rotatable bonds is 8. The highest BCUT2D eigenvalue weighted by atomic mass is 19.3. The van der Waals surface area contributed by atoms with Crippen molar-refractivity contribution in [1.82, 2.24) is 24.9 Å². The number of amides is 1. The van der Waals surface area contributed by atoms with Crippen molar-refractivity contribution in [3.8, 4) is 11.4 Å². The minimum absolute atomic E-state index is 0.0697. The van der Waals surface area contributed by atoms with Crippen molar-refractivity contribution in [2.24, 2.45) is 5.10 Å². The van der Waals surface area contributed by atoms with Crippen LogP contribution in [0.5, 0.6) is 0 Å². The summed E-state index contributed by atoms with van der Waals surface area (Å²) in [4.78, 5) is 22.3. The van der Waals surface area contributed by atoms with Crippen molar-refractivity contribution in [3.63, 3.8) is 0 Å². The standard InChI is InChI=1S/C27H23F4N7O/c1-16(13-34-32-2)17-5-7-20(8-6-17)35-23-9-10-33-24(36-23)19-4-3-18-11-22(38(26(28)29)21(18)12-19)25(39)37-14-27(30,31)15-37/h3-13,26,34H,2,14-15H2,1H3,(H,33,35,36)/b16-13+. The molecule has 0 spiro atoms. The van der Waals surface area contributed by atoms with E-state index in [0.29, 0.717) is 21.3 Å². The van der Waals surface area contributed by atoms with Crippen molar-refractivity contribution >= 4 is 40.6 Å². The van der Waals surface area contributed by atoms with Crippen LogP contribution in [0.15, 0.2) is 72.1 Å². The monoisotopic (exact) mass is 537 g/mol. The third-order valence-corrected chi connectivity index (χ3v) is 6.29. The molecular weight excluding hydrogens is 514 g/mol. The van der Waals surface area contributed by atoms with Crippen LogP contribution in [0.1, 0.15) is 29.5 Å². The van der Waals surface area contributed by atoms with Gasteiger partial charge >= 0.3 is 6.55 Å². The Balaban J connectivity index is 1.41. The Labute approximate surface area is 220 Å². The second kappa shape index (κ2) is 10.2. The number of carbonyl (C=O) groups excluding carboxylic acids is 1. The molecule has 5 rings (SSSR count). The fourth-order valence-electron chi connectivity index (χ4n) is 4.31. The Morgan fingerprint density at radius 2 is 1.87 bits per heavy atom. The number of hydrogen-bond donors (Lipinski definition) is 2. The lowest BCUT2D eigenvalue weighted by Crippen LogP contribution is -2.58. The zero-order valence-corrected chi connectivity index (χ0v) is 20.7. The second-order valence-corrected chi connectivity index (χ2v) is 9.05. The SMILES string of the molecule is C=NN/C=C(\C)c1ccc(Nc2ccnc(-c3ccc4cc(C(=O)N5CC(F)(F)C5)n(C(F)F)c4c3)n2)cc1. The van der Waals surface area contributed by atoms with Crippen LogP contribution in [0, 0.1) is 0 Å². The Morgan fingerprint density at radius 3 is 2.54 bits per heavy atom. The van der Waals surface area contributed by atoms with Crippen LogP contribution in [0.2, 0.25) is 0 Å². The number of likely N-dealkylation sites (tertiary alicyclic amines) is 1. The molecule has 8 nitrogen and oxygen atoms in total. The molecule has 1 aliphatic rings. The minimum Gasteiger partial charge on any atom is -0.340 e. The highest BCUT2D eigenvalue weighted by molar-refractivity contribution is 6.00. The average Bonchev–Trinajstić information content (AvgIpc) is 3.29. The molecule has 0 radical (unpaired) electrons. The van der Waals surface area contributed by atoms with E-state index in [1.54, 1.807) is 24.4 Å². The van der Waals surface area contributed by atoms with E-state index in [1.165, 1.54) is 18.3 Å². The molecule has 2 aromatic carbocycles. The third-order valence-electron chi connectivity index (χ3n) is 6.29. The third kappa shape index (κ3) is 5.31. The summed E-state index contributed by atoms with van der Waals surface area (Å²) in [6.45, 7) is 0.654. The fraction of sp³-hybridized carbons (Fsp3) is 0.185. The zero-order valence-electron chi connectivity index (χ0n) is 20.7. The first kappa shape index (κ1) is 25.9. The van der Waals surface area contributed by atoms with Crippen molar-refractivity contribution in [3.05, 3.63) is 78.3 Å². The number of carbonyl (C=O) groups is 1. The number of halogens is 4. The molecule has 39 heavy (non-hydrogen) atoms. The fourth-order valence-corrected chi connectivity index (χ4v) is 4.31. The van der Waals surface area contributed by atoms with Gasteiger partial charge in [-0.25, -0.2) is 18.7 Å². The molecule has 0 unspecified atom stereocenters. The first-order valence-corrected chi connectivity index (χ1v) is 11.8. The molecule has 1 fully saturated rings. The minimum atomic E-state index is -3.06. The van der Waals surface area contributed by atoms with Crippen LogP contribution < -0.4 is 10.7 Å². The van der Waals surface area contributed by atoms with Crippen LogP contribution in [-0.4, -0.2) is 51.1 Å². The Bertz CT molecular complexity index is 1570. The summed E-state index contributed by atoms with van der Waals surface area (Å²) in [7, 11) is 0. The van der Waals surface area contributed by atoms with E-state index in [2.05, 4.69) is 32.5 Å². The van der Waals surface area contributed by atoms with E-state index >= 15 is 0 Å². The van der Waals surface area contributed by atoms with Crippen LogP contribution in [0.3, 0.4) is 0 Å². The van der Waals surface area contributed by atoms with Gasteiger partial charge in [0, 0.05) is 35.8 Å². The van der Waals surface area contributed by atoms with Gasteiger partial charge in [0.2, 0.25) is 0 Å². The second-order valence-electron chi connectivity index (χ2n) is 9.05. The van der Waals surface area contributed by atoms with Gasteiger partial charge in [0.1, 0.15) is 11.5 Å². The molecule has 4 aromatic rings. The molecule has 1 saturated heterocycles. The summed E-state index contributed by atoms with van der Waals surface area (Å²) in [6, 6.07) is 15.2. The number of aromatic nitrogens is 3. The Hall–Kier alpha value is -4.74. The molecule has 0 bridgehead atoms. The van der Waals surface area contributed by atoms with Gasteiger partial charge in [0.05, 0.1) is 18.6 Å². The number of hydrogen-bond acceptors (Lipinski definition) is 6. The first-order valence-electron chi connectivity index (χ1n) is 11.8. The number of benzene rings is 2. The van der Waals surface area contributed by atoms with Gasteiger partial charge in [0.25, 0.3) is 11.8 Å². The number of nitrogens with one attached hydrogen (secondary N) is 2. The van der Waals surface area contributed by atoms with Crippen LogP contribution >= 0.6 is 0 Å². The molecule has 1 aliphatic heterocycles. The molecular formula is C27H23F4N7O. The Morgan fingerprint density at radius 1 is 1.13 bits per heavy atom.